The molecule has 1 unspecified atom stereocenters. The molecule has 2 rings (SSSR count). The largest absolute Gasteiger partial charge is 0.493 e. The number of aliphatic hydroxyl groups excluding tert-OH is 1. The van der Waals surface area contributed by atoms with Gasteiger partial charge in [-0.25, -0.2) is 0 Å². The molecular formula is C16H26N2O2. The molecular weight excluding hydrogens is 252 g/mol. The van der Waals surface area contributed by atoms with E-state index in [0.29, 0.717) is 13.2 Å². The summed E-state index contributed by atoms with van der Waals surface area (Å²) in [5.74, 6) is 0.812. The number of aliphatic hydroxyl groups is 1. The van der Waals surface area contributed by atoms with Crippen molar-refractivity contribution in [3.05, 3.63) is 29.3 Å². The second kappa shape index (κ2) is 7.62. The highest BCUT2D eigenvalue weighted by Crippen LogP contribution is 2.27. The van der Waals surface area contributed by atoms with Crippen LogP contribution in [0.4, 0.5) is 0 Å². The maximum Gasteiger partial charge on any atom is 0.125 e. The lowest BCUT2D eigenvalue weighted by Gasteiger charge is -2.29. The lowest BCUT2D eigenvalue weighted by atomic mass is 10.0. The quantitative estimate of drug-likeness (QED) is 0.829. The minimum Gasteiger partial charge on any atom is -0.493 e. The minimum absolute atomic E-state index is 0.485. The number of aryl methyl sites for hydroxylation is 1. The topological polar surface area (TPSA) is 44.7 Å². The van der Waals surface area contributed by atoms with Crippen molar-refractivity contribution < 1.29 is 9.84 Å². The van der Waals surface area contributed by atoms with Gasteiger partial charge in [0.05, 0.1) is 12.7 Å². The molecule has 0 aromatic heterocycles. The van der Waals surface area contributed by atoms with Crippen molar-refractivity contribution in [1.29, 1.82) is 0 Å². The summed E-state index contributed by atoms with van der Waals surface area (Å²) in [4.78, 5) is 2.30. The zero-order valence-electron chi connectivity index (χ0n) is 12.6. The number of benzene rings is 1. The van der Waals surface area contributed by atoms with E-state index >= 15 is 0 Å². The fourth-order valence-electron chi connectivity index (χ4n) is 2.60. The average molecular weight is 278 g/mol. The van der Waals surface area contributed by atoms with E-state index in [1.807, 2.05) is 13.0 Å². The number of nitrogens with one attached hydrogen (secondary N) is 1. The number of ether oxygens (including phenoxy) is 1. The Hall–Kier alpha value is -1.10. The molecule has 4 nitrogen and oxygen atoms in total. The fraction of sp³-hybridized carbons (Fsp3) is 0.625. The van der Waals surface area contributed by atoms with Gasteiger partial charge in [-0.3, -0.25) is 4.90 Å². The van der Waals surface area contributed by atoms with Crippen LogP contribution in [0.15, 0.2) is 18.2 Å². The van der Waals surface area contributed by atoms with Crippen LogP contribution in [-0.2, 0) is 6.42 Å². The molecule has 20 heavy (non-hydrogen) atoms. The Labute approximate surface area is 121 Å². The van der Waals surface area contributed by atoms with E-state index in [2.05, 4.69) is 29.3 Å². The van der Waals surface area contributed by atoms with Gasteiger partial charge in [-0.15, -0.1) is 0 Å². The molecule has 1 aliphatic heterocycles. The van der Waals surface area contributed by atoms with Gasteiger partial charge >= 0.3 is 0 Å². The van der Waals surface area contributed by atoms with Crippen LogP contribution in [0.2, 0.25) is 0 Å². The molecule has 1 aromatic rings. The van der Waals surface area contributed by atoms with E-state index in [0.717, 1.165) is 43.9 Å². The van der Waals surface area contributed by atoms with Crippen molar-refractivity contribution in [2.45, 2.75) is 26.4 Å². The van der Waals surface area contributed by atoms with Crippen LogP contribution in [0.5, 0.6) is 5.75 Å². The standard InChI is InChI=1S/C16H26N2O2/c1-3-13-5-6-16(20-4-2)14(11-13)15(19)12-18-9-7-17-8-10-18/h5-6,11,15,17,19H,3-4,7-10,12H2,1-2H3. The SMILES string of the molecule is CCOc1ccc(CC)cc1C(O)CN1CCNCC1. The summed E-state index contributed by atoms with van der Waals surface area (Å²) >= 11 is 0. The smallest absolute Gasteiger partial charge is 0.125 e. The molecule has 1 saturated heterocycles. The average Bonchev–Trinajstić information content (AvgIpc) is 2.49. The van der Waals surface area contributed by atoms with Crippen LogP contribution < -0.4 is 10.1 Å². The van der Waals surface area contributed by atoms with Gasteiger partial charge in [-0.2, -0.15) is 0 Å². The predicted molar refractivity (Wildman–Crippen MR) is 81.3 cm³/mol. The van der Waals surface area contributed by atoms with Gasteiger partial charge in [0.25, 0.3) is 0 Å². The maximum atomic E-state index is 10.6. The van der Waals surface area contributed by atoms with Crippen LogP contribution in [0.25, 0.3) is 0 Å². The normalized spacial score (nSPS) is 17.9. The Morgan fingerprint density at radius 2 is 2.05 bits per heavy atom. The Kier molecular flexibility index (Phi) is 5.83. The number of nitrogens with zero attached hydrogens (tertiary/aromatic N) is 1. The molecule has 1 aromatic carbocycles. The van der Waals surface area contributed by atoms with Crippen molar-refractivity contribution in [1.82, 2.24) is 10.2 Å². The van der Waals surface area contributed by atoms with Gasteiger partial charge in [-0.05, 0) is 31.0 Å². The van der Waals surface area contributed by atoms with E-state index in [-0.39, 0.29) is 0 Å². The van der Waals surface area contributed by atoms with Crippen LogP contribution >= 0.6 is 0 Å². The van der Waals surface area contributed by atoms with Crippen molar-refractivity contribution in [3.8, 4) is 5.75 Å². The lowest BCUT2D eigenvalue weighted by Crippen LogP contribution is -2.45. The van der Waals surface area contributed by atoms with Crippen molar-refractivity contribution >= 4 is 0 Å². The third-order valence-corrected chi connectivity index (χ3v) is 3.78. The van der Waals surface area contributed by atoms with Crippen LogP contribution in [0.1, 0.15) is 31.1 Å². The first-order valence-electron chi connectivity index (χ1n) is 7.61. The molecule has 0 bridgehead atoms. The molecule has 1 heterocycles. The summed E-state index contributed by atoms with van der Waals surface area (Å²) in [6.45, 7) is 9.39. The van der Waals surface area contributed by atoms with E-state index in [4.69, 9.17) is 4.74 Å². The number of piperazine rings is 1. The molecule has 1 fully saturated rings. The highest BCUT2D eigenvalue weighted by molar-refractivity contribution is 5.39. The third-order valence-electron chi connectivity index (χ3n) is 3.78. The van der Waals surface area contributed by atoms with E-state index < -0.39 is 6.10 Å². The predicted octanol–water partition coefficient (Wildman–Crippen LogP) is 1.59. The van der Waals surface area contributed by atoms with Crippen molar-refractivity contribution in [2.75, 3.05) is 39.3 Å². The van der Waals surface area contributed by atoms with Crippen LogP contribution in [0.3, 0.4) is 0 Å². The second-order valence-corrected chi connectivity index (χ2v) is 5.23. The Morgan fingerprint density at radius 3 is 2.70 bits per heavy atom. The molecule has 1 aliphatic rings. The highest BCUT2D eigenvalue weighted by atomic mass is 16.5. The summed E-state index contributed by atoms with van der Waals surface area (Å²) < 4.78 is 5.66. The molecule has 1 atom stereocenters. The number of hydrogen-bond donors (Lipinski definition) is 2. The van der Waals surface area contributed by atoms with Gasteiger partial charge in [-0.1, -0.05) is 13.0 Å². The monoisotopic (exact) mass is 278 g/mol. The molecule has 0 spiro atoms. The number of hydrogen-bond acceptors (Lipinski definition) is 4. The molecule has 0 amide bonds. The fourth-order valence-corrected chi connectivity index (χ4v) is 2.60. The van der Waals surface area contributed by atoms with Gasteiger partial charge in [0.2, 0.25) is 0 Å². The van der Waals surface area contributed by atoms with Gasteiger partial charge < -0.3 is 15.2 Å². The minimum atomic E-state index is -0.485. The summed E-state index contributed by atoms with van der Waals surface area (Å²) in [6.07, 6.45) is 0.487. The zero-order valence-corrected chi connectivity index (χ0v) is 12.6. The van der Waals surface area contributed by atoms with Gasteiger partial charge in [0.1, 0.15) is 5.75 Å². The zero-order chi connectivity index (χ0) is 14.4. The Balaban J connectivity index is 2.10. The van der Waals surface area contributed by atoms with Gasteiger partial charge in [0, 0.05) is 38.3 Å². The second-order valence-electron chi connectivity index (χ2n) is 5.23. The van der Waals surface area contributed by atoms with Crippen molar-refractivity contribution in [3.63, 3.8) is 0 Å². The van der Waals surface area contributed by atoms with E-state index in [1.54, 1.807) is 0 Å². The summed E-state index contributed by atoms with van der Waals surface area (Å²) in [7, 11) is 0. The first-order chi connectivity index (χ1) is 9.74. The van der Waals surface area contributed by atoms with Crippen molar-refractivity contribution in [2.24, 2.45) is 0 Å². The maximum absolute atomic E-state index is 10.6. The summed E-state index contributed by atoms with van der Waals surface area (Å²) in [6, 6.07) is 6.14. The molecule has 0 aliphatic carbocycles. The van der Waals surface area contributed by atoms with E-state index in [9.17, 15) is 5.11 Å². The molecule has 112 valence electrons. The molecule has 2 N–H and O–H groups in total. The molecule has 0 saturated carbocycles. The number of β-amino-alcohol motifs (C(OH)–C–C–N with tert-alkyl or cyclic N) is 1. The van der Waals surface area contributed by atoms with E-state index in [1.165, 1.54) is 5.56 Å². The first kappa shape index (κ1) is 15.3. The third kappa shape index (κ3) is 3.95. The highest BCUT2D eigenvalue weighted by Gasteiger charge is 2.19. The van der Waals surface area contributed by atoms with Crippen LogP contribution in [0, 0.1) is 0 Å². The lowest BCUT2D eigenvalue weighted by molar-refractivity contribution is 0.103. The summed E-state index contributed by atoms with van der Waals surface area (Å²) in [5, 5.41) is 13.9. The van der Waals surface area contributed by atoms with Crippen LogP contribution in [-0.4, -0.2) is 49.3 Å². The Bertz CT molecular complexity index is 417. The number of rotatable bonds is 6. The van der Waals surface area contributed by atoms with Gasteiger partial charge in [0.15, 0.2) is 0 Å². The summed E-state index contributed by atoms with van der Waals surface area (Å²) in [5.41, 5.74) is 2.16. The Morgan fingerprint density at radius 1 is 1.30 bits per heavy atom. The first-order valence-corrected chi connectivity index (χ1v) is 7.61. The molecule has 0 radical (unpaired) electrons. The molecule has 4 heteroatoms.